The highest BCUT2D eigenvalue weighted by Crippen LogP contribution is 2.68. The normalized spacial score (nSPS) is 19.0. The predicted molar refractivity (Wildman–Crippen MR) is 207 cm³/mol. The van der Waals surface area contributed by atoms with Gasteiger partial charge in [-0.3, -0.25) is 0 Å². The molecule has 0 N–H and O–H groups in total. The molecule has 2 aliphatic rings. The van der Waals surface area contributed by atoms with Crippen molar-refractivity contribution in [2.75, 3.05) is 46.8 Å². The van der Waals surface area contributed by atoms with E-state index in [1.54, 1.807) is 65.7 Å². The van der Waals surface area contributed by atoms with Crippen LogP contribution in [0.25, 0.3) is 30.0 Å². The van der Waals surface area contributed by atoms with E-state index in [0.717, 1.165) is 34.4 Å². The van der Waals surface area contributed by atoms with Crippen molar-refractivity contribution < 1.29 is 50.1 Å². The molecule has 0 saturated heterocycles. The molecule has 0 aromatic carbocycles. The first-order valence-electron chi connectivity index (χ1n) is 16.4. The number of alkyl halides is 6. The number of hydrogen-bond acceptors (Lipinski definition) is 11. The quantitative estimate of drug-likeness (QED) is 0.0560. The van der Waals surface area contributed by atoms with Crippen LogP contribution in [-0.4, -0.2) is 70.5 Å². The van der Waals surface area contributed by atoms with Gasteiger partial charge in [0, 0.05) is 58.4 Å². The van der Waals surface area contributed by atoms with Crippen LogP contribution in [0.2, 0.25) is 0 Å². The molecular formula is C37H30F6O5S6. The second-order valence-electron chi connectivity index (χ2n) is 11.9. The number of hydrogen-bond donors (Lipinski definition) is 0. The van der Waals surface area contributed by atoms with E-state index in [0.29, 0.717) is 50.8 Å². The molecule has 5 aromatic heterocycles. The number of carbonyl (C=O) groups is 1. The largest absolute Gasteiger partial charge is 0.459 e. The van der Waals surface area contributed by atoms with E-state index in [9.17, 15) is 4.79 Å². The second-order valence-corrected chi connectivity index (χ2v) is 18.2. The van der Waals surface area contributed by atoms with Crippen molar-refractivity contribution in [2.45, 2.75) is 29.4 Å². The van der Waals surface area contributed by atoms with Crippen LogP contribution in [0.5, 0.6) is 0 Å². The van der Waals surface area contributed by atoms with Crippen molar-refractivity contribution in [2.24, 2.45) is 0 Å². The summed E-state index contributed by atoms with van der Waals surface area (Å²) in [6, 6.07) is 14.7. The first-order valence-corrected chi connectivity index (χ1v) is 21.6. The average Bonchev–Trinajstić information content (AvgIpc) is 3.98. The molecule has 5 aromatic rings. The number of thioether (sulfide) groups is 1. The van der Waals surface area contributed by atoms with Crippen molar-refractivity contribution in [1.82, 2.24) is 0 Å². The van der Waals surface area contributed by atoms with Gasteiger partial charge in [0.15, 0.2) is 0 Å². The Balaban J connectivity index is 1.22. The summed E-state index contributed by atoms with van der Waals surface area (Å²) >= 11 is 7.05. The smallest absolute Gasteiger partial charge is 0.380 e. The Kier molecular flexibility index (Phi) is 12.0. The van der Waals surface area contributed by atoms with Crippen LogP contribution in [-0.2, 0) is 18.9 Å². The highest BCUT2D eigenvalue weighted by Gasteiger charge is 2.80. The zero-order valence-corrected chi connectivity index (χ0v) is 33.1. The molecule has 1 atom stereocenters. The van der Waals surface area contributed by atoms with Gasteiger partial charge in [0.25, 0.3) is 0 Å². The van der Waals surface area contributed by atoms with Gasteiger partial charge in [0.2, 0.25) is 0 Å². The number of ether oxygens (including phenoxy) is 4. The minimum absolute atomic E-state index is 0.0186. The van der Waals surface area contributed by atoms with E-state index in [1.165, 1.54) is 46.1 Å². The standard InChI is InChI=1S/C37H30F6O5S6/c1-45-10-11-46-12-13-47-14-15-48-34(44)27-9-8-24(52-27)29-20-22(33(54-29)26-7-4-18-51-26)31-30(35(38,39)37(42,43)36(31,40)41)21-19-28(23-5-2-16-49-23)53-32(21)25-6-3-17-50-25/h2-9,16-19,29H,10-15,20H2,1H3. The lowest BCUT2D eigenvalue weighted by Crippen LogP contribution is -2.49. The summed E-state index contributed by atoms with van der Waals surface area (Å²) in [6.45, 7) is 1.68. The summed E-state index contributed by atoms with van der Waals surface area (Å²) in [4.78, 5) is 16.3. The van der Waals surface area contributed by atoms with Gasteiger partial charge in [-0.25, -0.2) is 4.79 Å². The van der Waals surface area contributed by atoms with Gasteiger partial charge < -0.3 is 18.9 Å². The zero-order valence-electron chi connectivity index (χ0n) is 28.2. The van der Waals surface area contributed by atoms with E-state index in [2.05, 4.69) is 0 Å². The first-order chi connectivity index (χ1) is 26.0. The third-order valence-corrected chi connectivity index (χ3v) is 15.6. The SMILES string of the molecule is COCCOCCOCCOC(=O)c1ccc(C2CC(C3=C(c4cc(-c5cccs5)sc4-c4cccs4)C(F)(F)C(F)(F)C3(F)F)=C(c3cccs3)S2)s1. The van der Waals surface area contributed by atoms with E-state index >= 15 is 26.3 Å². The Labute approximate surface area is 330 Å². The summed E-state index contributed by atoms with van der Waals surface area (Å²) in [5.41, 5.74) is -3.29. The monoisotopic (exact) mass is 860 g/mol. The second kappa shape index (κ2) is 16.4. The Hall–Kier alpha value is -2.74. The van der Waals surface area contributed by atoms with Crippen molar-refractivity contribution in [3.8, 4) is 19.5 Å². The Morgan fingerprint density at radius 2 is 1.33 bits per heavy atom. The number of esters is 1. The summed E-state index contributed by atoms with van der Waals surface area (Å²) in [5.74, 6) is -16.7. The summed E-state index contributed by atoms with van der Waals surface area (Å²) in [5, 5.41) is 4.58. The molecule has 1 aliphatic carbocycles. The third-order valence-electron chi connectivity index (χ3n) is 8.56. The average molecular weight is 861 g/mol. The van der Waals surface area contributed by atoms with Crippen LogP contribution in [0.1, 0.15) is 36.7 Å². The molecule has 1 unspecified atom stereocenters. The minimum atomic E-state index is -5.71. The lowest BCUT2D eigenvalue weighted by Gasteiger charge is -2.26. The van der Waals surface area contributed by atoms with Crippen LogP contribution < -0.4 is 0 Å². The number of allylic oxidation sites excluding steroid dienone is 3. The number of carbonyl (C=O) groups excluding carboxylic acids is 1. The number of methoxy groups -OCH3 is 1. The number of rotatable bonds is 16. The first kappa shape index (κ1) is 39.5. The van der Waals surface area contributed by atoms with Crippen LogP contribution >= 0.6 is 68.4 Å². The van der Waals surface area contributed by atoms with E-state index in [4.69, 9.17) is 18.9 Å². The number of halogens is 6. The summed E-state index contributed by atoms with van der Waals surface area (Å²) in [7, 11) is 1.57. The van der Waals surface area contributed by atoms with Gasteiger partial charge in [0.1, 0.15) is 11.5 Å². The van der Waals surface area contributed by atoms with Crippen molar-refractivity contribution >= 4 is 84.9 Å². The molecular weight excluding hydrogens is 831 g/mol. The van der Waals surface area contributed by atoms with Crippen molar-refractivity contribution in [3.05, 3.63) is 102 Å². The molecule has 0 radical (unpaired) electrons. The fraction of sp³-hybridized carbons (Fsp3) is 0.324. The van der Waals surface area contributed by atoms with E-state index < -0.39 is 40.1 Å². The van der Waals surface area contributed by atoms with Gasteiger partial charge in [-0.1, -0.05) is 18.2 Å². The topological polar surface area (TPSA) is 54.0 Å². The van der Waals surface area contributed by atoms with Gasteiger partial charge in [-0.2, -0.15) is 26.3 Å². The lowest BCUT2D eigenvalue weighted by atomic mass is 9.91. The molecule has 286 valence electrons. The minimum Gasteiger partial charge on any atom is -0.459 e. The Bertz CT molecular complexity index is 2120. The van der Waals surface area contributed by atoms with Crippen LogP contribution in [0, 0.1) is 0 Å². The molecule has 0 fully saturated rings. The molecule has 0 saturated carbocycles. The molecule has 7 rings (SSSR count). The zero-order chi connectivity index (χ0) is 38.1. The molecule has 54 heavy (non-hydrogen) atoms. The summed E-state index contributed by atoms with van der Waals surface area (Å²) < 4.78 is 118. The van der Waals surface area contributed by atoms with Crippen molar-refractivity contribution in [3.63, 3.8) is 0 Å². The molecule has 5 nitrogen and oxygen atoms in total. The third kappa shape index (κ3) is 7.43. The molecule has 17 heteroatoms. The molecule has 1 aliphatic heterocycles. The highest BCUT2D eigenvalue weighted by molar-refractivity contribution is 8.09. The maximum atomic E-state index is 16.3. The predicted octanol–water partition coefficient (Wildman–Crippen LogP) is 12.1. The fourth-order valence-electron chi connectivity index (χ4n) is 6.06. The maximum absolute atomic E-state index is 16.3. The fourth-order valence-corrected chi connectivity index (χ4v) is 12.3. The van der Waals surface area contributed by atoms with Crippen molar-refractivity contribution in [1.29, 1.82) is 0 Å². The van der Waals surface area contributed by atoms with E-state index in [1.807, 2.05) is 0 Å². The van der Waals surface area contributed by atoms with Gasteiger partial charge >= 0.3 is 23.7 Å². The van der Waals surface area contributed by atoms with Gasteiger partial charge in [-0.05, 0) is 64.5 Å². The molecule has 0 amide bonds. The summed E-state index contributed by atoms with van der Waals surface area (Å²) in [6.07, 6.45) is -0.246. The van der Waals surface area contributed by atoms with Gasteiger partial charge in [0.05, 0.1) is 37.9 Å². The molecule has 6 heterocycles. The number of thiophene rings is 5. The molecule has 0 spiro atoms. The van der Waals surface area contributed by atoms with E-state index in [-0.39, 0.29) is 45.4 Å². The van der Waals surface area contributed by atoms with Gasteiger partial charge in [-0.15, -0.1) is 68.4 Å². The highest BCUT2D eigenvalue weighted by atomic mass is 32.2. The Morgan fingerprint density at radius 1 is 0.722 bits per heavy atom. The lowest BCUT2D eigenvalue weighted by molar-refractivity contribution is -0.259. The molecule has 0 bridgehead atoms. The maximum Gasteiger partial charge on any atom is 0.380 e. The Morgan fingerprint density at radius 3 is 1.98 bits per heavy atom. The van der Waals surface area contributed by atoms with Crippen LogP contribution in [0.3, 0.4) is 0 Å². The van der Waals surface area contributed by atoms with Crippen LogP contribution in [0.4, 0.5) is 26.3 Å². The van der Waals surface area contributed by atoms with Crippen LogP contribution in [0.15, 0.2) is 81.9 Å².